The van der Waals surface area contributed by atoms with E-state index in [9.17, 15) is 5.11 Å². The lowest BCUT2D eigenvalue weighted by Gasteiger charge is -2.44. The molecule has 2 aromatic rings. The Kier molecular flexibility index (Phi) is 6.48. The van der Waals surface area contributed by atoms with E-state index in [1.165, 1.54) is 18.5 Å². The van der Waals surface area contributed by atoms with Gasteiger partial charge in [-0.1, -0.05) is 23.7 Å². The Bertz CT molecular complexity index is 824. The molecule has 0 unspecified atom stereocenters. The second-order valence-corrected chi connectivity index (χ2v) is 8.44. The van der Waals surface area contributed by atoms with Gasteiger partial charge in [0, 0.05) is 55.9 Å². The van der Waals surface area contributed by atoms with Crippen molar-refractivity contribution in [2.24, 2.45) is 0 Å². The van der Waals surface area contributed by atoms with Crippen molar-refractivity contribution < 1.29 is 9.84 Å². The Labute approximate surface area is 178 Å². The summed E-state index contributed by atoms with van der Waals surface area (Å²) < 4.78 is 5.54. The molecular weight excluding hydrogens is 386 g/mol. The van der Waals surface area contributed by atoms with Gasteiger partial charge in [-0.2, -0.15) is 0 Å². The normalized spacial score (nSPS) is 21.3. The Morgan fingerprint density at radius 2 is 1.86 bits per heavy atom. The highest BCUT2D eigenvalue weighted by Crippen LogP contribution is 2.30. The fraction of sp³-hybridized carbons (Fsp3) is 0.478. The first-order valence-corrected chi connectivity index (χ1v) is 10.8. The third-order valence-corrected chi connectivity index (χ3v) is 6.41. The first kappa shape index (κ1) is 20.3. The lowest BCUT2D eigenvalue weighted by Crippen LogP contribution is -2.55. The molecule has 5 nitrogen and oxygen atoms in total. The zero-order valence-corrected chi connectivity index (χ0v) is 17.8. The lowest BCUT2D eigenvalue weighted by atomic mass is 10.0. The summed E-state index contributed by atoms with van der Waals surface area (Å²) in [6.45, 7) is 7.05. The number of phenolic OH excluding ortho intramolecular Hbond substituents is 1. The maximum absolute atomic E-state index is 10.1. The molecule has 2 aliphatic rings. The van der Waals surface area contributed by atoms with Gasteiger partial charge in [0.1, 0.15) is 11.5 Å². The van der Waals surface area contributed by atoms with Crippen LogP contribution in [0.1, 0.15) is 18.4 Å². The van der Waals surface area contributed by atoms with E-state index in [1.807, 2.05) is 18.2 Å². The number of aromatic hydroxyl groups is 1. The van der Waals surface area contributed by atoms with Crippen LogP contribution < -0.4 is 9.64 Å². The molecule has 156 valence electrons. The first-order chi connectivity index (χ1) is 14.1. The minimum Gasteiger partial charge on any atom is -0.508 e. The topological polar surface area (TPSA) is 39.2 Å². The molecule has 2 aromatic carbocycles. The number of hydrogen-bond acceptors (Lipinski definition) is 5. The average molecular weight is 416 g/mol. The van der Waals surface area contributed by atoms with Gasteiger partial charge in [0.2, 0.25) is 0 Å². The molecule has 2 heterocycles. The molecule has 0 radical (unpaired) electrons. The Morgan fingerprint density at radius 1 is 1.07 bits per heavy atom. The van der Waals surface area contributed by atoms with E-state index < -0.39 is 0 Å². The average Bonchev–Trinajstić information content (AvgIpc) is 2.76. The van der Waals surface area contributed by atoms with Gasteiger partial charge in [0.15, 0.2) is 0 Å². The Hall–Kier alpha value is -1.95. The van der Waals surface area contributed by atoms with Crippen LogP contribution in [0.5, 0.6) is 11.5 Å². The number of para-hydroxylation sites is 2. The van der Waals surface area contributed by atoms with E-state index in [0.717, 1.165) is 57.1 Å². The van der Waals surface area contributed by atoms with Crippen LogP contribution in [0.4, 0.5) is 5.69 Å². The smallest absolute Gasteiger partial charge is 0.142 e. The molecule has 0 saturated carbocycles. The molecule has 4 rings (SSSR count). The van der Waals surface area contributed by atoms with Crippen molar-refractivity contribution in [2.75, 3.05) is 51.3 Å². The van der Waals surface area contributed by atoms with Gasteiger partial charge in [-0.05, 0) is 49.7 Å². The molecule has 1 N–H and O–H groups in total. The predicted molar refractivity (Wildman–Crippen MR) is 118 cm³/mol. The highest BCUT2D eigenvalue weighted by atomic mass is 35.5. The third-order valence-electron chi connectivity index (χ3n) is 6.17. The fourth-order valence-electron chi connectivity index (χ4n) is 4.61. The van der Waals surface area contributed by atoms with E-state index in [-0.39, 0.29) is 0 Å². The predicted octanol–water partition coefficient (Wildman–Crippen LogP) is 3.84. The number of halogens is 1. The van der Waals surface area contributed by atoms with Crippen molar-refractivity contribution in [2.45, 2.75) is 25.4 Å². The van der Waals surface area contributed by atoms with Crippen LogP contribution in [0.25, 0.3) is 0 Å². The third kappa shape index (κ3) is 4.80. The molecule has 0 aliphatic carbocycles. The summed E-state index contributed by atoms with van der Waals surface area (Å²) in [5.74, 6) is 1.29. The molecule has 29 heavy (non-hydrogen) atoms. The molecule has 0 aromatic heterocycles. The summed E-state index contributed by atoms with van der Waals surface area (Å²) in [5, 5.41) is 10.8. The quantitative estimate of drug-likeness (QED) is 0.803. The van der Waals surface area contributed by atoms with Gasteiger partial charge in [-0.25, -0.2) is 0 Å². The Balaban J connectivity index is 1.34. The zero-order chi connectivity index (χ0) is 20.2. The number of benzene rings is 2. The number of piperidine rings is 1. The van der Waals surface area contributed by atoms with Crippen LogP contribution in [0.15, 0.2) is 42.5 Å². The largest absolute Gasteiger partial charge is 0.508 e. The van der Waals surface area contributed by atoms with E-state index in [2.05, 4.69) is 26.8 Å². The molecule has 0 spiro atoms. The number of rotatable bonds is 5. The summed E-state index contributed by atoms with van der Waals surface area (Å²) in [7, 11) is 1.74. The maximum atomic E-state index is 10.1. The van der Waals surface area contributed by atoms with E-state index >= 15 is 0 Å². The number of anilines is 1. The summed E-state index contributed by atoms with van der Waals surface area (Å²) in [5.41, 5.74) is 2.11. The summed E-state index contributed by atoms with van der Waals surface area (Å²) in [4.78, 5) is 7.52. The molecule has 1 atom stereocenters. The summed E-state index contributed by atoms with van der Waals surface area (Å²) >= 11 is 6.12. The standard InChI is InChI=1S/C23H30ClN3O2/c1-29-23-7-3-2-6-21(23)27-13-11-26(12-14-27)20-5-4-10-25(17-20)16-18-15-19(24)8-9-22(18)28/h2-3,6-9,15,20,28H,4-5,10-14,16-17H2,1H3/t20-/m1/s1. The number of likely N-dealkylation sites (tertiary alicyclic amines) is 1. The molecule has 2 aliphatic heterocycles. The van der Waals surface area contributed by atoms with Gasteiger partial charge in [0.25, 0.3) is 0 Å². The summed E-state index contributed by atoms with van der Waals surface area (Å²) in [6.07, 6.45) is 2.44. The number of nitrogens with zero attached hydrogens (tertiary/aromatic N) is 3. The van der Waals surface area contributed by atoms with Gasteiger partial charge in [0.05, 0.1) is 12.8 Å². The SMILES string of the molecule is COc1ccccc1N1CCN([C@@H]2CCCN(Cc3cc(Cl)ccc3O)C2)CC1. The molecule has 2 fully saturated rings. The van der Waals surface area contributed by atoms with Gasteiger partial charge < -0.3 is 14.7 Å². The van der Waals surface area contributed by atoms with Crippen LogP contribution >= 0.6 is 11.6 Å². The van der Waals surface area contributed by atoms with Gasteiger partial charge in [-0.15, -0.1) is 0 Å². The van der Waals surface area contributed by atoms with Crippen LogP contribution in [0.2, 0.25) is 5.02 Å². The number of piperazine rings is 1. The van der Waals surface area contributed by atoms with Crippen molar-refractivity contribution >= 4 is 17.3 Å². The molecule has 2 saturated heterocycles. The van der Waals surface area contributed by atoms with Gasteiger partial charge in [-0.3, -0.25) is 9.80 Å². The minimum absolute atomic E-state index is 0.335. The highest BCUT2D eigenvalue weighted by molar-refractivity contribution is 6.30. The molecule has 0 amide bonds. The Morgan fingerprint density at radius 3 is 2.66 bits per heavy atom. The second-order valence-electron chi connectivity index (χ2n) is 8.00. The van der Waals surface area contributed by atoms with Crippen molar-refractivity contribution in [3.05, 3.63) is 53.1 Å². The van der Waals surface area contributed by atoms with Crippen LogP contribution in [-0.2, 0) is 6.54 Å². The monoisotopic (exact) mass is 415 g/mol. The number of hydrogen-bond donors (Lipinski definition) is 1. The first-order valence-electron chi connectivity index (χ1n) is 10.5. The number of ether oxygens (including phenoxy) is 1. The van der Waals surface area contributed by atoms with E-state index in [1.54, 1.807) is 19.2 Å². The second kappa shape index (κ2) is 9.24. The van der Waals surface area contributed by atoms with E-state index in [4.69, 9.17) is 16.3 Å². The number of phenols is 1. The molecule has 0 bridgehead atoms. The van der Waals surface area contributed by atoms with Crippen molar-refractivity contribution in [3.8, 4) is 11.5 Å². The lowest BCUT2D eigenvalue weighted by molar-refractivity contribution is 0.0883. The number of methoxy groups -OCH3 is 1. The van der Waals surface area contributed by atoms with Crippen LogP contribution in [-0.4, -0.2) is 67.3 Å². The molecule has 6 heteroatoms. The van der Waals surface area contributed by atoms with Crippen molar-refractivity contribution in [1.29, 1.82) is 0 Å². The minimum atomic E-state index is 0.335. The maximum Gasteiger partial charge on any atom is 0.142 e. The fourth-order valence-corrected chi connectivity index (χ4v) is 4.81. The van der Waals surface area contributed by atoms with Crippen molar-refractivity contribution in [1.82, 2.24) is 9.80 Å². The van der Waals surface area contributed by atoms with E-state index in [0.29, 0.717) is 16.8 Å². The summed E-state index contributed by atoms with van der Waals surface area (Å²) in [6, 6.07) is 14.2. The van der Waals surface area contributed by atoms with Crippen LogP contribution in [0, 0.1) is 0 Å². The van der Waals surface area contributed by atoms with Crippen LogP contribution in [0.3, 0.4) is 0 Å². The van der Waals surface area contributed by atoms with Crippen molar-refractivity contribution in [3.63, 3.8) is 0 Å². The van der Waals surface area contributed by atoms with Gasteiger partial charge >= 0.3 is 0 Å². The highest BCUT2D eigenvalue weighted by Gasteiger charge is 2.29. The zero-order valence-electron chi connectivity index (χ0n) is 17.1. The molecular formula is C23H30ClN3O2.